The third kappa shape index (κ3) is 6.05. The van der Waals surface area contributed by atoms with E-state index in [9.17, 15) is 4.79 Å². The second kappa shape index (κ2) is 9.62. The van der Waals surface area contributed by atoms with E-state index in [0.29, 0.717) is 30.8 Å². The van der Waals surface area contributed by atoms with Gasteiger partial charge in [-0.2, -0.15) is 0 Å². The fraction of sp³-hybridized carbons (Fsp3) is 0.929. The lowest BCUT2D eigenvalue weighted by atomic mass is 9.98. The lowest BCUT2D eigenvalue weighted by Gasteiger charge is -2.31. The Morgan fingerprint density at radius 3 is 2.67 bits per heavy atom. The maximum absolute atomic E-state index is 12.2. The zero-order chi connectivity index (χ0) is 12.7. The fourth-order valence-corrected chi connectivity index (χ4v) is 2.69. The minimum atomic E-state index is 0. The minimum absolute atomic E-state index is 0. The summed E-state index contributed by atoms with van der Waals surface area (Å²) in [4.78, 5) is 14.3. The molecule has 0 aromatic heterocycles. The molecule has 0 bridgehead atoms. The number of likely N-dealkylation sites (tertiary alicyclic amines) is 1. The van der Waals surface area contributed by atoms with Crippen LogP contribution in [0.3, 0.4) is 0 Å². The van der Waals surface area contributed by atoms with Gasteiger partial charge in [0.2, 0.25) is 5.91 Å². The average molecular weight is 277 g/mol. The molecule has 0 aliphatic carbocycles. The van der Waals surface area contributed by atoms with Crippen LogP contribution in [0.25, 0.3) is 0 Å². The van der Waals surface area contributed by atoms with E-state index in [-0.39, 0.29) is 12.4 Å². The number of halogens is 1. The summed E-state index contributed by atoms with van der Waals surface area (Å²) in [5.74, 6) is 0.992. The van der Waals surface area contributed by atoms with Crippen LogP contribution in [0.1, 0.15) is 58.8 Å². The molecule has 1 atom stereocenters. The maximum atomic E-state index is 12.2. The monoisotopic (exact) mass is 276 g/mol. The highest BCUT2D eigenvalue weighted by atomic mass is 35.5. The van der Waals surface area contributed by atoms with Gasteiger partial charge in [-0.25, -0.2) is 0 Å². The van der Waals surface area contributed by atoms with E-state index in [4.69, 9.17) is 5.73 Å². The lowest BCUT2D eigenvalue weighted by Crippen LogP contribution is -2.40. The maximum Gasteiger partial charge on any atom is 0.222 e. The van der Waals surface area contributed by atoms with Crippen molar-refractivity contribution in [3.8, 4) is 0 Å². The van der Waals surface area contributed by atoms with Gasteiger partial charge in [-0.1, -0.05) is 26.7 Å². The van der Waals surface area contributed by atoms with Crippen molar-refractivity contribution in [3.05, 3.63) is 0 Å². The predicted molar refractivity (Wildman–Crippen MR) is 79.0 cm³/mol. The van der Waals surface area contributed by atoms with Crippen molar-refractivity contribution in [1.82, 2.24) is 4.90 Å². The Balaban J connectivity index is 0.00000289. The standard InChI is InChI=1S/C14H28N2O.ClH/c1-12(2)11-13-7-4-3-5-10-16(13)14(17)8-6-9-15;/h12-13H,3-11,15H2,1-2H3;1H. The zero-order valence-corrected chi connectivity index (χ0v) is 12.7. The van der Waals surface area contributed by atoms with Gasteiger partial charge >= 0.3 is 0 Å². The molecule has 3 nitrogen and oxygen atoms in total. The molecule has 1 aliphatic heterocycles. The quantitative estimate of drug-likeness (QED) is 0.839. The Morgan fingerprint density at radius 1 is 1.33 bits per heavy atom. The van der Waals surface area contributed by atoms with E-state index in [1.165, 1.54) is 25.7 Å². The lowest BCUT2D eigenvalue weighted by molar-refractivity contribution is -0.133. The van der Waals surface area contributed by atoms with E-state index in [2.05, 4.69) is 18.7 Å². The van der Waals surface area contributed by atoms with Crippen molar-refractivity contribution in [1.29, 1.82) is 0 Å². The minimum Gasteiger partial charge on any atom is -0.340 e. The van der Waals surface area contributed by atoms with Crippen LogP contribution in [0.5, 0.6) is 0 Å². The Morgan fingerprint density at radius 2 is 2.06 bits per heavy atom. The van der Waals surface area contributed by atoms with Crippen molar-refractivity contribution >= 4 is 18.3 Å². The number of carbonyl (C=O) groups is 1. The number of carbonyl (C=O) groups excluding carboxylic acids is 1. The summed E-state index contributed by atoms with van der Waals surface area (Å²) in [6.07, 6.45) is 7.51. The SMILES string of the molecule is CC(C)CC1CCCCCN1C(=O)CCCN.Cl. The van der Waals surface area contributed by atoms with Gasteiger partial charge in [0.1, 0.15) is 0 Å². The predicted octanol–water partition coefficient (Wildman–Crippen LogP) is 2.96. The average Bonchev–Trinajstić information content (AvgIpc) is 2.50. The van der Waals surface area contributed by atoms with Crippen molar-refractivity contribution in [2.75, 3.05) is 13.1 Å². The van der Waals surface area contributed by atoms with E-state index in [1.54, 1.807) is 0 Å². The van der Waals surface area contributed by atoms with Crippen molar-refractivity contribution in [3.63, 3.8) is 0 Å². The Hall–Kier alpha value is -0.280. The van der Waals surface area contributed by atoms with Gasteiger partial charge < -0.3 is 10.6 Å². The van der Waals surface area contributed by atoms with Crippen LogP contribution in [0.15, 0.2) is 0 Å². The number of nitrogens with zero attached hydrogens (tertiary/aromatic N) is 1. The van der Waals surface area contributed by atoms with Gasteiger partial charge in [-0.15, -0.1) is 12.4 Å². The van der Waals surface area contributed by atoms with Gasteiger partial charge in [-0.05, 0) is 38.1 Å². The summed E-state index contributed by atoms with van der Waals surface area (Å²) in [7, 11) is 0. The molecule has 0 radical (unpaired) electrons. The topological polar surface area (TPSA) is 46.3 Å². The van der Waals surface area contributed by atoms with Gasteiger partial charge in [0.15, 0.2) is 0 Å². The third-order valence-electron chi connectivity index (χ3n) is 3.54. The molecule has 4 heteroatoms. The molecule has 1 fully saturated rings. The van der Waals surface area contributed by atoms with Crippen LogP contribution in [-0.2, 0) is 4.79 Å². The van der Waals surface area contributed by atoms with Crippen molar-refractivity contribution in [2.24, 2.45) is 11.7 Å². The molecule has 0 spiro atoms. The van der Waals surface area contributed by atoms with Crippen LogP contribution >= 0.6 is 12.4 Å². The largest absolute Gasteiger partial charge is 0.340 e. The number of hydrogen-bond acceptors (Lipinski definition) is 2. The van der Waals surface area contributed by atoms with Crippen LogP contribution in [-0.4, -0.2) is 29.9 Å². The Bertz CT molecular complexity index is 234. The summed E-state index contributed by atoms with van der Waals surface area (Å²) in [5, 5.41) is 0. The van der Waals surface area contributed by atoms with E-state index >= 15 is 0 Å². The first-order chi connectivity index (χ1) is 8.15. The number of amides is 1. The van der Waals surface area contributed by atoms with E-state index in [1.807, 2.05) is 0 Å². The first-order valence-corrected chi connectivity index (χ1v) is 7.14. The molecule has 2 N–H and O–H groups in total. The van der Waals surface area contributed by atoms with Gasteiger partial charge in [0, 0.05) is 19.0 Å². The highest BCUT2D eigenvalue weighted by Crippen LogP contribution is 2.23. The molecule has 1 rings (SSSR count). The van der Waals surface area contributed by atoms with Gasteiger partial charge in [-0.3, -0.25) is 4.79 Å². The number of rotatable bonds is 5. The van der Waals surface area contributed by atoms with Crippen LogP contribution in [0.2, 0.25) is 0 Å². The van der Waals surface area contributed by atoms with Gasteiger partial charge in [0.05, 0.1) is 0 Å². The molecule has 1 heterocycles. The molecule has 0 saturated carbocycles. The van der Waals surface area contributed by atoms with Crippen molar-refractivity contribution in [2.45, 2.75) is 64.8 Å². The molecule has 108 valence electrons. The fourth-order valence-electron chi connectivity index (χ4n) is 2.69. The summed E-state index contributed by atoms with van der Waals surface area (Å²) < 4.78 is 0. The molecular formula is C14H29ClN2O. The molecule has 1 saturated heterocycles. The number of hydrogen-bond donors (Lipinski definition) is 1. The zero-order valence-electron chi connectivity index (χ0n) is 11.9. The van der Waals surface area contributed by atoms with Crippen LogP contribution in [0.4, 0.5) is 0 Å². The second-order valence-electron chi connectivity index (χ2n) is 5.61. The highest BCUT2D eigenvalue weighted by molar-refractivity contribution is 5.85. The van der Waals surface area contributed by atoms with E-state index in [0.717, 1.165) is 19.4 Å². The molecule has 18 heavy (non-hydrogen) atoms. The molecular weight excluding hydrogens is 248 g/mol. The van der Waals surface area contributed by atoms with Crippen LogP contribution in [0, 0.1) is 5.92 Å². The summed E-state index contributed by atoms with van der Waals surface area (Å²) in [5.41, 5.74) is 5.48. The number of nitrogens with two attached hydrogens (primary N) is 1. The first kappa shape index (κ1) is 17.7. The molecule has 0 aromatic carbocycles. The van der Waals surface area contributed by atoms with Crippen molar-refractivity contribution < 1.29 is 4.79 Å². The first-order valence-electron chi connectivity index (χ1n) is 7.14. The van der Waals surface area contributed by atoms with E-state index < -0.39 is 0 Å². The third-order valence-corrected chi connectivity index (χ3v) is 3.54. The Kier molecular flexibility index (Phi) is 9.47. The summed E-state index contributed by atoms with van der Waals surface area (Å²) in [6, 6.07) is 0.475. The highest BCUT2D eigenvalue weighted by Gasteiger charge is 2.25. The smallest absolute Gasteiger partial charge is 0.222 e. The van der Waals surface area contributed by atoms with Crippen LogP contribution < -0.4 is 5.73 Å². The molecule has 0 aromatic rings. The molecule has 1 amide bonds. The normalized spacial score (nSPS) is 20.4. The van der Waals surface area contributed by atoms with Gasteiger partial charge in [0.25, 0.3) is 0 Å². The second-order valence-corrected chi connectivity index (χ2v) is 5.61. The summed E-state index contributed by atoms with van der Waals surface area (Å²) in [6.45, 7) is 6.07. The Labute approximate surface area is 118 Å². The summed E-state index contributed by atoms with van der Waals surface area (Å²) >= 11 is 0. The molecule has 1 unspecified atom stereocenters. The molecule has 1 aliphatic rings.